The lowest BCUT2D eigenvalue weighted by Crippen LogP contribution is -2.64. The van der Waals surface area contributed by atoms with Gasteiger partial charge in [-0.15, -0.1) is 0 Å². The molecule has 2 aromatic heterocycles. The number of hydrogen-bond acceptors (Lipinski definition) is 10. The molecule has 6 heterocycles. The van der Waals surface area contributed by atoms with E-state index in [1.54, 1.807) is 37.5 Å². The number of Topliss-reactive ketones (excluding diaryl/α,β-unsaturated/α-hetero) is 2. The highest BCUT2D eigenvalue weighted by Crippen LogP contribution is 2.37. The van der Waals surface area contributed by atoms with Crippen LogP contribution in [-0.4, -0.2) is 89.3 Å². The standard InChI is InChI=1S/C16H20N2O5.C15H18N2O5/c1-4-11(19)10-7-17-8-16(3)18(9(2)5-6-23-16)15(22)12(17)14(21)13(10)20;1-4-10(18)9-5-16-7-15(3)17(8(2)6-22-15)14(21)11(16)13(20)12(9)19/h7,9,21H,4-6,8H2,1-3H3;5,8,20H,4,6-7H2,1-3H3/t9-,16+;8-,15+/m10/s1. The van der Waals surface area contributed by atoms with Gasteiger partial charge in [0.15, 0.2) is 45.9 Å². The van der Waals surface area contributed by atoms with E-state index in [0.717, 1.165) is 0 Å². The van der Waals surface area contributed by atoms with Crippen molar-refractivity contribution in [3.63, 3.8) is 0 Å². The molecule has 2 fully saturated rings. The Morgan fingerprint density at radius 3 is 1.64 bits per heavy atom. The average Bonchev–Trinajstić information content (AvgIpc) is 3.29. The Balaban J connectivity index is 0.000000178. The molecule has 4 aliphatic heterocycles. The van der Waals surface area contributed by atoms with E-state index >= 15 is 0 Å². The molecule has 14 nitrogen and oxygen atoms in total. The largest absolute Gasteiger partial charge is 0.503 e. The number of aromatic hydroxyl groups is 2. The molecule has 6 rings (SSSR count). The Morgan fingerprint density at radius 2 is 1.20 bits per heavy atom. The highest BCUT2D eigenvalue weighted by Gasteiger charge is 2.51. The van der Waals surface area contributed by atoms with E-state index in [9.17, 15) is 39.0 Å². The van der Waals surface area contributed by atoms with Gasteiger partial charge in [-0.25, -0.2) is 0 Å². The van der Waals surface area contributed by atoms with E-state index in [1.807, 2.05) is 13.8 Å². The van der Waals surface area contributed by atoms with E-state index in [2.05, 4.69) is 0 Å². The molecule has 2 aromatic rings. The summed E-state index contributed by atoms with van der Waals surface area (Å²) < 4.78 is 14.4. The van der Waals surface area contributed by atoms with Gasteiger partial charge in [-0.2, -0.15) is 0 Å². The van der Waals surface area contributed by atoms with Crippen molar-refractivity contribution >= 4 is 23.4 Å². The first-order chi connectivity index (χ1) is 21.1. The molecule has 4 aliphatic rings. The monoisotopic (exact) mass is 626 g/mol. The van der Waals surface area contributed by atoms with Crippen molar-refractivity contribution in [2.24, 2.45) is 0 Å². The topological polar surface area (TPSA) is 178 Å². The summed E-state index contributed by atoms with van der Waals surface area (Å²) in [6.45, 7) is 12.1. The van der Waals surface area contributed by atoms with E-state index in [1.165, 1.54) is 21.5 Å². The van der Waals surface area contributed by atoms with Gasteiger partial charge in [-0.3, -0.25) is 28.8 Å². The molecule has 0 unspecified atom stereocenters. The first kappa shape index (κ1) is 32.1. The van der Waals surface area contributed by atoms with Gasteiger partial charge in [0.25, 0.3) is 11.8 Å². The van der Waals surface area contributed by atoms with Crippen LogP contribution in [0.2, 0.25) is 0 Å². The second-order valence-electron chi connectivity index (χ2n) is 12.3. The number of hydrogen-bond donors (Lipinski definition) is 2. The SMILES string of the molecule is CCC(=O)c1cn2c(c(O)c1=O)C(=O)N1[C@@H](C)CO[C@]1(C)C2.CCC(=O)c1cn2c(c(O)c1=O)C(=O)N1[C@H](C)CCO[C@@]1(C)C2. The lowest BCUT2D eigenvalue weighted by atomic mass is 9.99. The molecule has 2 N–H and O–H groups in total. The van der Waals surface area contributed by atoms with Crippen LogP contribution in [-0.2, 0) is 22.6 Å². The van der Waals surface area contributed by atoms with Gasteiger partial charge in [0.2, 0.25) is 10.9 Å². The summed E-state index contributed by atoms with van der Waals surface area (Å²) in [7, 11) is 0. The summed E-state index contributed by atoms with van der Waals surface area (Å²) in [5, 5.41) is 20.4. The Kier molecular flexibility index (Phi) is 8.03. The van der Waals surface area contributed by atoms with E-state index < -0.39 is 45.6 Å². The number of aromatic nitrogens is 2. The number of rotatable bonds is 4. The molecule has 0 aliphatic carbocycles. The lowest BCUT2D eigenvalue weighted by molar-refractivity contribution is -0.185. The third-order valence-electron chi connectivity index (χ3n) is 9.01. The molecule has 0 aromatic carbocycles. The molecular weight excluding hydrogens is 588 g/mol. The highest BCUT2D eigenvalue weighted by molar-refractivity contribution is 6.01. The summed E-state index contributed by atoms with van der Waals surface area (Å²) in [5.74, 6) is -2.95. The zero-order valence-corrected chi connectivity index (χ0v) is 26.2. The Morgan fingerprint density at radius 1 is 0.778 bits per heavy atom. The van der Waals surface area contributed by atoms with E-state index in [0.29, 0.717) is 19.6 Å². The van der Waals surface area contributed by atoms with Gasteiger partial charge in [0.05, 0.1) is 43.5 Å². The maximum Gasteiger partial charge on any atom is 0.277 e. The minimum atomic E-state index is -0.851. The first-order valence-corrected chi connectivity index (χ1v) is 15.0. The Bertz CT molecular complexity index is 1740. The molecular formula is C31H38N4O10. The maximum absolute atomic E-state index is 12.8. The normalized spacial score (nSPS) is 26.7. The van der Waals surface area contributed by atoms with Crippen molar-refractivity contribution < 1.29 is 38.9 Å². The quantitative estimate of drug-likeness (QED) is 0.476. The number of carbonyl (C=O) groups excluding carboxylic acids is 4. The molecule has 0 saturated carbocycles. The summed E-state index contributed by atoms with van der Waals surface area (Å²) in [6, 6.07) is -0.195. The second-order valence-corrected chi connectivity index (χ2v) is 12.3. The number of ether oxygens (including phenoxy) is 2. The number of nitrogens with zero attached hydrogens (tertiary/aromatic N) is 4. The van der Waals surface area contributed by atoms with Gasteiger partial charge < -0.3 is 38.6 Å². The van der Waals surface area contributed by atoms with Crippen molar-refractivity contribution in [1.29, 1.82) is 0 Å². The van der Waals surface area contributed by atoms with Crippen LogP contribution < -0.4 is 10.9 Å². The van der Waals surface area contributed by atoms with Crippen LogP contribution in [0.4, 0.5) is 0 Å². The van der Waals surface area contributed by atoms with Crippen molar-refractivity contribution in [1.82, 2.24) is 18.9 Å². The predicted molar refractivity (Wildman–Crippen MR) is 159 cm³/mol. The minimum absolute atomic E-state index is 0.0542. The smallest absolute Gasteiger partial charge is 0.277 e. The van der Waals surface area contributed by atoms with Crippen molar-refractivity contribution in [2.45, 2.75) is 97.4 Å². The molecule has 2 saturated heterocycles. The third-order valence-corrected chi connectivity index (χ3v) is 9.01. The summed E-state index contributed by atoms with van der Waals surface area (Å²) >= 11 is 0. The predicted octanol–water partition coefficient (Wildman–Crippen LogP) is 1.86. The van der Waals surface area contributed by atoms with Crippen molar-refractivity contribution in [3.8, 4) is 11.5 Å². The zero-order chi connectivity index (χ0) is 33.2. The van der Waals surface area contributed by atoms with Crippen LogP contribution >= 0.6 is 0 Å². The lowest BCUT2D eigenvalue weighted by Gasteiger charge is -2.51. The minimum Gasteiger partial charge on any atom is -0.503 e. The van der Waals surface area contributed by atoms with Crippen molar-refractivity contribution in [2.75, 3.05) is 13.2 Å². The fourth-order valence-corrected chi connectivity index (χ4v) is 6.73. The molecule has 0 spiro atoms. The zero-order valence-electron chi connectivity index (χ0n) is 26.2. The van der Waals surface area contributed by atoms with E-state index in [4.69, 9.17) is 9.47 Å². The van der Waals surface area contributed by atoms with Gasteiger partial charge >= 0.3 is 0 Å². The molecule has 14 heteroatoms. The molecule has 4 atom stereocenters. The number of pyridine rings is 2. The Labute approximate surface area is 258 Å². The van der Waals surface area contributed by atoms with Crippen LogP contribution in [0, 0.1) is 0 Å². The molecule has 242 valence electrons. The van der Waals surface area contributed by atoms with Crippen LogP contribution in [0.15, 0.2) is 22.0 Å². The number of carbonyl (C=O) groups is 4. The fourth-order valence-electron chi connectivity index (χ4n) is 6.73. The number of amides is 2. The van der Waals surface area contributed by atoms with Gasteiger partial charge in [0, 0.05) is 31.3 Å². The van der Waals surface area contributed by atoms with E-state index in [-0.39, 0.29) is 72.1 Å². The third kappa shape index (κ3) is 4.96. The first-order valence-electron chi connectivity index (χ1n) is 15.0. The van der Waals surface area contributed by atoms with Crippen LogP contribution in [0.25, 0.3) is 0 Å². The summed E-state index contributed by atoms with van der Waals surface area (Å²) in [4.78, 5) is 76.8. The highest BCUT2D eigenvalue weighted by atomic mass is 16.5. The summed E-state index contributed by atoms with van der Waals surface area (Å²) in [5.41, 5.74) is -3.60. The molecule has 45 heavy (non-hydrogen) atoms. The van der Waals surface area contributed by atoms with Gasteiger partial charge in [-0.05, 0) is 34.1 Å². The van der Waals surface area contributed by atoms with Gasteiger partial charge in [-0.1, -0.05) is 13.8 Å². The number of fused-ring (bicyclic) bond motifs is 4. The molecule has 2 amide bonds. The summed E-state index contributed by atoms with van der Waals surface area (Å²) in [6.07, 6.45) is 3.72. The average molecular weight is 627 g/mol. The number of ketones is 2. The second kappa shape index (κ2) is 11.2. The maximum atomic E-state index is 12.8. The van der Waals surface area contributed by atoms with Crippen LogP contribution in [0.1, 0.15) is 102 Å². The molecule has 0 radical (unpaired) electrons. The van der Waals surface area contributed by atoms with Crippen LogP contribution in [0.5, 0.6) is 11.5 Å². The van der Waals surface area contributed by atoms with Crippen molar-refractivity contribution in [3.05, 3.63) is 55.4 Å². The fraction of sp³-hybridized carbons (Fsp3) is 0.548. The molecule has 0 bridgehead atoms. The van der Waals surface area contributed by atoms with Gasteiger partial charge in [0.1, 0.15) is 0 Å². The Hall–Kier alpha value is -4.30. The van der Waals surface area contributed by atoms with Crippen LogP contribution in [0.3, 0.4) is 0 Å².